The summed E-state index contributed by atoms with van der Waals surface area (Å²) in [7, 11) is 3.32. The number of aryl methyl sites for hydroxylation is 1. The molecule has 1 amide bonds. The lowest BCUT2D eigenvalue weighted by Crippen LogP contribution is -2.33. The Bertz CT molecular complexity index is 425. The van der Waals surface area contributed by atoms with Crippen molar-refractivity contribution in [2.24, 2.45) is 0 Å². The first-order chi connectivity index (χ1) is 8.45. The van der Waals surface area contributed by atoms with Crippen molar-refractivity contribution in [3.05, 3.63) is 35.1 Å². The van der Waals surface area contributed by atoms with Crippen molar-refractivity contribution in [1.82, 2.24) is 4.90 Å². The van der Waals surface area contributed by atoms with Crippen LogP contribution < -0.4 is 0 Å². The van der Waals surface area contributed by atoms with Crippen LogP contribution in [0.4, 0.5) is 4.39 Å². The normalized spacial score (nSPS) is 12.3. The highest BCUT2D eigenvalue weighted by Crippen LogP contribution is 2.12. The lowest BCUT2D eigenvalue weighted by molar-refractivity contribution is 0.0784. The maximum atomic E-state index is 13.1. The average molecular weight is 318 g/mol. The summed E-state index contributed by atoms with van der Waals surface area (Å²) in [4.78, 5) is 13.8. The van der Waals surface area contributed by atoms with Crippen LogP contribution in [0.15, 0.2) is 18.2 Å². The zero-order valence-corrected chi connectivity index (χ0v) is 12.3. The van der Waals surface area contributed by atoms with Crippen molar-refractivity contribution >= 4 is 21.8 Å². The van der Waals surface area contributed by atoms with Gasteiger partial charge in [-0.25, -0.2) is 4.39 Å². The SMILES string of the molecule is COCC(Br)CN(C)C(=O)c1ccc(F)c(C)c1. The molecule has 0 radical (unpaired) electrons. The first kappa shape index (κ1) is 15.1. The van der Waals surface area contributed by atoms with Crippen molar-refractivity contribution in [3.63, 3.8) is 0 Å². The minimum Gasteiger partial charge on any atom is -0.383 e. The van der Waals surface area contributed by atoms with Gasteiger partial charge in [0.05, 0.1) is 11.4 Å². The van der Waals surface area contributed by atoms with E-state index in [2.05, 4.69) is 15.9 Å². The van der Waals surface area contributed by atoms with Gasteiger partial charge >= 0.3 is 0 Å². The minimum absolute atomic E-state index is 0.0815. The van der Waals surface area contributed by atoms with Gasteiger partial charge in [-0.2, -0.15) is 0 Å². The summed E-state index contributed by atoms with van der Waals surface area (Å²) in [5.74, 6) is -0.425. The zero-order chi connectivity index (χ0) is 13.7. The van der Waals surface area contributed by atoms with E-state index in [0.29, 0.717) is 24.3 Å². The van der Waals surface area contributed by atoms with Crippen LogP contribution in [0.5, 0.6) is 0 Å². The summed E-state index contributed by atoms with van der Waals surface area (Å²) in [5.41, 5.74) is 0.968. The molecule has 0 fully saturated rings. The van der Waals surface area contributed by atoms with E-state index in [1.54, 1.807) is 32.0 Å². The van der Waals surface area contributed by atoms with Gasteiger partial charge in [0.1, 0.15) is 5.82 Å². The second-order valence-corrected chi connectivity index (χ2v) is 5.50. The Labute approximate surface area is 115 Å². The first-order valence-electron chi connectivity index (χ1n) is 5.60. The average Bonchev–Trinajstić information content (AvgIpc) is 2.32. The predicted molar refractivity (Wildman–Crippen MR) is 72.7 cm³/mol. The summed E-state index contributed by atoms with van der Waals surface area (Å²) >= 11 is 3.43. The molecule has 0 aromatic heterocycles. The van der Waals surface area contributed by atoms with Crippen LogP contribution in [0.1, 0.15) is 15.9 Å². The maximum Gasteiger partial charge on any atom is 0.253 e. The van der Waals surface area contributed by atoms with E-state index in [1.165, 1.54) is 12.1 Å². The molecular weight excluding hydrogens is 301 g/mol. The van der Waals surface area contributed by atoms with Gasteiger partial charge in [0.2, 0.25) is 0 Å². The minimum atomic E-state index is -0.299. The number of methoxy groups -OCH3 is 1. The monoisotopic (exact) mass is 317 g/mol. The second-order valence-electron chi connectivity index (χ2n) is 4.20. The number of alkyl halides is 1. The third-order valence-corrected chi connectivity index (χ3v) is 3.12. The number of amides is 1. The molecule has 100 valence electrons. The van der Waals surface area contributed by atoms with Crippen molar-refractivity contribution < 1.29 is 13.9 Å². The van der Waals surface area contributed by atoms with Crippen LogP contribution in [0, 0.1) is 12.7 Å². The van der Waals surface area contributed by atoms with E-state index in [-0.39, 0.29) is 16.6 Å². The zero-order valence-electron chi connectivity index (χ0n) is 10.7. The number of rotatable bonds is 5. The molecule has 1 rings (SSSR count). The van der Waals surface area contributed by atoms with E-state index in [1.807, 2.05) is 0 Å². The number of ether oxygens (including phenoxy) is 1. The number of nitrogens with zero attached hydrogens (tertiary/aromatic N) is 1. The highest BCUT2D eigenvalue weighted by atomic mass is 79.9. The number of hydrogen-bond donors (Lipinski definition) is 0. The fraction of sp³-hybridized carbons (Fsp3) is 0.462. The van der Waals surface area contributed by atoms with Crippen molar-refractivity contribution in [2.45, 2.75) is 11.8 Å². The summed E-state index contributed by atoms with van der Waals surface area (Å²) in [6.45, 7) is 2.70. The molecule has 1 atom stereocenters. The standard InChI is InChI=1S/C13H17BrFNO2/c1-9-6-10(4-5-12(9)15)13(17)16(2)7-11(14)8-18-3/h4-6,11H,7-8H2,1-3H3. The van der Waals surface area contributed by atoms with Crippen LogP contribution >= 0.6 is 15.9 Å². The lowest BCUT2D eigenvalue weighted by atomic mass is 10.1. The molecule has 0 aliphatic heterocycles. The lowest BCUT2D eigenvalue weighted by Gasteiger charge is -2.20. The van der Waals surface area contributed by atoms with Gasteiger partial charge in [0, 0.05) is 26.3 Å². The summed E-state index contributed by atoms with van der Waals surface area (Å²) in [6, 6.07) is 4.38. The first-order valence-corrected chi connectivity index (χ1v) is 6.52. The quantitative estimate of drug-likeness (QED) is 0.781. The summed E-state index contributed by atoms with van der Waals surface area (Å²) < 4.78 is 18.1. The third kappa shape index (κ3) is 4.07. The Morgan fingerprint density at radius 2 is 2.22 bits per heavy atom. The Morgan fingerprint density at radius 1 is 1.56 bits per heavy atom. The Kier molecular flexibility index (Phi) is 5.75. The third-order valence-electron chi connectivity index (χ3n) is 2.57. The molecule has 0 aliphatic carbocycles. The molecule has 18 heavy (non-hydrogen) atoms. The molecule has 0 aliphatic rings. The van der Waals surface area contributed by atoms with Gasteiger partial charge in [-0.15, -0.1) is 0 Å². The molecule has 0 saturated carbocycles. The van der Waals surface area contributed by atoms with Gasteiger partial charge in [-0.05, 0) is 30.7 Å². The number of hydrogen-bond acceptors (Lipinski definition) is 2. The fourth-order valence-corrected chi connectivity index (χ4v) is 2.31. The molecule has 0 bridgehead atoms. The van der Waals surface area contributed by atoms with Gasteiger partial charge in [0.15, 0.2) is 0 Å². The maximum absolute atomic E-state index is 13.1. The molecule has 3 nitrogen and oxygen atoms in total. The molecule has 0 N–H and O–H groups in total. The smallest absolute Gasteiger partial charge is 0.253 e. The molecular formula is C13H17BrFNO2. The molecule has 1 unspecified atom stereocenters. The fourth-order valence-electron chi connectivity index (χ4n) is 1.61. The predicted octanol–water partition coefficient (Wildman–Crippen LogP) is 2.62. The van der Waals surface area contributed by atoms with Gasteiger partial charge in [-0.1, -0.05) is 15.9 Å². The van der Waals surface area contributed by atoms with Crippen molar-refractivity contribution in [3.8, 4) is 0 Å². The highest BCUT2D eigenvalue weighted by Gasteiger charge is 2.16. The van der Waals surface area contributed by atoms with Crippen LogP contribution in [-0.4, -0.2) is 42.9 Å². The number of halogens is 2. The van der Waals surface area contributed by atoms with Crippen LogP contribution in [-0.2, 0) is 4.74 Å². The molecule has 0 heterocycles. The van der Waals surface area contributed by atoms with E-state index in [9.17, 15) is 9.18 Å². The Morgan fingerprint density at radius 3 is 2.78 bits per heavy atom. The largest absolute Gasteiger partial charge is 0.383 e. The number of carbonyl (C=O) groups excluding carboxylic acids is 1. The van der Waals surface area contributed by atoms with Crippen molar-refractivity contribution in [2.75, 3.05) is 27.3 Å². The van der Waals surface area contributed by atoms with Crippen LogP contribution in [0.3, 0.4) is 0 Å². The summed E-state index contributed by atoms with van der Waals surface area (Å²) in [6.07, 6.45) is 0. The molecule has 1 aromatic rings. The molecule has 0 spiro atoms. The van der Waals surface area contributed by atoms with E-state index in [0.717, 1.165) is 0 Å². The van der Waals surface area contributed by atoms with Gasteiger partial charge in [-0.3, -0.25) is 4.79 Å². The van der Waals surface area contributed by atoms with Gasteiger partial charge < -0.3 is 9.64 Å². The van der Waals surface area contributed by atoms with Crippen LogP contribution in [0.2, 0.25) is 0 Å². The number of benzene rings is 1. The Balaban J connectivity index is 2.71. The highest BCUT2D eigenvalue weighted by molar-refractivity contribution is 9.09. The topological polar surface area (TPSA) is 29.5 Å². The summed E-state index contributed by atoms with van der Waals surface area (Å²) in [5, 5.41) is 0. The van der Waals surface area contributed by atoms with Crippen LogP contribution in [0.25, 0.3) is 0 Å². The van der Waals surface area contributed by atoms with Gasteiger partial charge in [0.25, 0.3) is 5.91 Å². The molecule has 5 heteroatoms. The van der Waals surface area contributed by atoms with E-state index in [4.69, 9.17) is 4.74 Å². The van der Waals surface area contributed by atoms with E-state index < -0.39 is 0 Å². The Hall–Kier alpha value is -0.940. The van der Waals surface area contributed by atoms with E-state index >= 15 is 0 Å². The number of carbonyl (C=O) groups is 1. The molecule has 0 saturated heterocycles. The second kappa shape index (κ2) is 6.85. The molecule has 1 aromatic carbocycles. The van der Waals surface area contributed by atoms with Crippen molar-refractivity contribution in [1.29, 1.82) is 0 Å².